The van der Waals surface area contributed by atoms with Crippen LogP contribution in [0.15, 0.2) is 54.6 Å². The van der Waals surface area contributed by atoms with Crippen molar-refractivity contribution in [3.05, 3.63) is 60.2 Å². The molecule has 0 heterocycles. The molecule has 4 heteroatoms. The summed E-state index contributed by atoms with van der Waals surface area (Å²) in [5.41, 5.74) is 3.09. The number of hydrogen-bond acceptors (Lipinski definition) is 3. The second-order valence-corrected chi connectivity index (χ2v) is 5.50. The Balaban J connectivity index is 1.83. The second-order valence-electron chi connectivity index (χ2n) is 5.50. The highest BCUT2D eigenvalue weighted by molar-refractivity contribution is 5.92. The molecule has 2 rings (SSSR count). The number of anilines is 2. The molecule has 4 nitrogen and oxygen atoms in total. The van der Waals surface area contributed by atoms with E-state index in [1.165, 1.54) is 5.56 Å². The van der Waals surface area contributed by atoms with E-state index in [1.54, 1.807) is 0 Å². The van der Waals surface area contributed by atoms with Gasteiger partial charge in [0.25, 0.3) is 0 Å². The average molecular weight is 297 g/mol. The molecule has 0 aromatic heterocycles. The zero-order chi connectivity index (χ0) is 15.9. The molecule has 0 fully saturated rings. The van der Waals surface area contributed by atoms with Gasteiger partial charge >= 0.3 is 0 Å². The first kappa shape index (κ1) is 16.0. The Bertz CT molecular complexity index is 593. The van der Waals surface area contributed by atoms with E-state index in [2.05, 4.69) is 29.7 Å². The summed E-state index contributed by atoms with van der Waals surface area (Å²) in [6, 6.07) is 18.0. The Morgan fingerprint density at radius 1 is 1.05 bits per heavy atom. The van der Waals surface area contributed by atoms with Gasteiger partial charge in [-0.1, -0.05) is 30.3 Å². The molecule has 22 heavy (non-hydrogen) atoms. The van der Waals surface area contributed by atoms with Gasteiger partial charge in [-0.2, -0.15) is 0 Å². The maximum atomic E-state index is 12.0. The van der Waals surface area contributed by atoms with Crippen molar-refractivity contribution in [1.82, 2.24) is 5.32 Å². The summed E-state index contributed by atoms with van der Waals surface area (Å²) >= 11 is 0. The predicted octanol–water partition coefficient (Wildman–Crippen LogP) is 3.04. The number of benzene rings is 2. The number of hydrogen-bond donors (Lipinski definition) is 2. The average Bonchev–Trinajstić information content (AvgIpc) is 2.54. The first-order valence-electron chi connectivity index (χ1n) is 7.42. The Morgan fingerprint density at radius 3 is 2.27 bits per heavy atom. The largest absolute Gasteiger partial charge is 0.378 e. The predicted molar refractivity (Wildman–Crippen MR) is 92.3 cm³/mol. The van der Waals surface area contributed by atoms with Crippen molar-refractivity contribution in [1.29, 1.82) is 0 Å². The molecule has 2 N–H and O–H groups in total. The first-order valence-corrected chi connectivity index (χ1v) is 7.42. The van der Waals surface area contributed by atoms with Crippen molar-refractivity contribution in [2.24, 2.45) is 0 Å². The van der Waals surface area contributed by atoms with Gasteiger partial charge in [-0.25, -0.2) is 0 Å². The van der Waals surface area contributed by atoms with Gasteiger partial charge < -0.3 is 15.5 Å². The quantitative estimate of drug-likeness (QED) is 0.861. The molecule has 0 saturated heterocycles. The molecule has 0 aliphatic heterocycles. The van der Waals surface area contributed by atoms with Crippen LogP contribution in [0.3, 0.4) is 0 Å². The van der Waals surface area contributed by atoms with E-state index in [4.69, 9.17) is 0 Å². The van der Waals surface area contributed by atoms with Gasteiger partial charge in [-0.15, -0.1) is 0 Å². The first-order chi connectivity index (χ1) is 10.6. The van der Waals surface area contributed by atoms with Crippen molar-refractivity contribution in [3.63, 3.8) is 0 Å². The minimum absolute atomic E-state index is 0.0413. The van der Waals surface area contributed by atoms with E-state index in [9.17, 15) is 4.79 Å². The zero-order valence-corrected chi connectivity index (χ0v) is 13.3. The SMILES string of the molecule is C[C@@H](NCC(=O)Nc1ccc(N(C)C)cc1)c1ccccc1. The van der Waals surface area contributed by atoms with Crippen molar-refractivity contribution in [3.8, 4) is 0 Å². The van der Waals surface area contributed by atoms with Crippen molar-refractivity contribution < 1.29 is 4.79 Å². The normalized spacial score (nSPS) is 11.8. The van der Waals surface area contributed by atoms with Crippen molar-refractivity contribution in [2.75, 3.05) is 30.9 Å². The summed E-state index contributed by atoms with van der Waals surface area (Å²) in [6.07, 6.45) is 0. The molecule has 0 unspecified atom stereocenters. The number of carbonyl (C=O) groups is 1. The van der Waals surface area contributed by atoms with Crippen LogP contribution in [0.5, 0.6) is 0 Å². The topological polar surface area (TPSA) is 44.4 Å². The van der Waals surface area contributed by atoms with Crippen LogP contribution in [-0.4, -0.2) is 26.5 Å². The van der Waals surface area contributed by atoms with E-state index < -0.39 is 0 Å². The molecule has 0 radical (unpaired) electrons. The molecule has 0 spiro atoms. The summed E-state index contributed by atoms with van der Waals surface area (Å²) in [5.74, 6) is -0.0413. The highest BCUT2D eigenvalue weighted by atomic mass is 16.1. The van der Waals surface area contributed by atoms with Crippen molar-refractivity contribution >= 4 is 17.3 Å². The third kappa shape index (κ3) is 4.60. The van der Waals surface area contributed by atoms with Gasteiger partial charge in [0.15, 0.2) is 0 Å². The minimum atomic E-state index is -0.0413. The van der Waals surface area contributed by atoms with Gasteiger partial charge in [0.2, 0.25) is 5.91 Å². The molecule has 2 aromatic carbocycles. The van der Waals surface area contributed by atoms with Crippen LogP contribution >= 0.6 is 0 Å². The highest BCUT2D eigenvalue weighted by Gasteiger charge is 2.07. The summed E-state index contributed by atoms with van der Waals surface area (Å²) in [4.78, 5) is 14.0. The van der Waals surface area contributed by atoms with Gasteiger partial charge in [0, 0.05) is 31.5 Å². The van der Waals surface area contributed by atoms with Gasteiger partial charge in [-0.05, 0) is 36.8 Å². The molecule has 2 aromatic rings. The summed E-state index contributed by atoms with van der Waals surface area (Å²) in [7, 11) is 3.98. The number of nitrogens with one attached hydrogen (secondary N) is 2. The molecule has 116 valence electrons. The Labute approximate surface area is 132 Å². The lowest BCUT2D eigenvalue weighted by molar-refractivity contribution is -0.115. The maximum absolute atomic E-state index is 12.0. The lowest BCUT2D eigenvalue weighted by Gasteiger charge is -2.15. The van der Waals surface area contributed by atoms with E-state index in [0.717, 1.165) is 11.4 Å². The molecule has 0 saturated carbocycles. The fraction of sp³-hybridized carbons (Fsp3) is 0.278. The number of nitrogens with zero attached hydrogens (tertiary/aromatic N) is 1. The van der Waals surface area contributed by atoms with Gasteiger partial charge in [0.05, 0.1) is 6.54 Å². The third-order valence-corrected chi connectivity index (χ3v) is 3.54. The molecule has 1 amide bonds. The fourth-order valence-corrected chi connectivity index (χ4v) is 2.15. The lowest BCUT2D eigenvalue weighted by atomic mass is 10.1. The Kier molecular flexibility index (Phi) is 5.55. The van der Waals surface area contributed by atoms with Crippen LogP contribution in [0.4, 0.5) is 11.4 Å². The lowest BCUT2D eigenvalue weighted by Crippen LogP contribution is -2.30. The zero-order valence-electron chi connectivity index (χ0n) is 13.3. The summed E-state index contributed by atoms with van der Waals surface area (Å²) in [6.45, 7) is 2.33. The third-order valence-electron chi connectivity index (χ3n) is 3.54. The van der Waals surface area contributed by atoms with Crippen LogP contribution in [-0.2, 0) is 4.79 Å². The number of carbonyl (C=O) groups excluding carboxylic acids is 1. The van der Waals surface area contributed by atoms with Crippen LogP contribution in [0.25, 0.3) is 0 Å². The Hall–Kier alpha value is -2.33. The molecule has 0 aliphatic carbocycles. The summed E-state index contributed by atoms with van der Waals surface area (Å²) < 4.78 is 0. The van der Waals surface area contributed by atoms with Crippen LogP contribution in [0.1, 0.15) is 18.5 Å². The molecular formula is C18H23N3O. The number of amides is 1. The van der Waals surface area contributed by atoms with E-state index in [1.807, 2.05) is 61.5 Å². The van der Waals surface area contributed by atoms with Gasteiger partial charge in [0.1, 0.15) is 0 Å². The highest BCUT2D eigenvalue weighted by Crippen LogP contribution is 2.15. The smallest absolute Gasteiger partial charge is 0.238 e. The summed E-state index contributed by atoms with van der Waals surface area (Å²) in [5, 5.41) is 6.12. The van der Waals surface area contributed by atoms with Gasteiger partial charge in [-0.3, -0.25) is 4.79 Å². The monoisotopic (exact) mass is 297 g/mol. The molecule has 0 aliphatic rings. The van der Waals surface area contributed by atoms with E-state index in [0.29, 0.717) is 0 Å². The molecular weight excluding hydrogens is 274 g/mol. The van der Waals surface area contributed by atoms with Crippen LogP contribution in [0, 0.1) is 0 Å². The maximum Gasteiger partial charge on any atom is 0.238 e. The van der Waals surface area contributed by atoms with E-state index in [-0.39, 0.29) is 18.5 Å². The van der Waals surface area contributed by atoms with Crippen LogP contribution in [0.2, 0.25) is 0 Å². The minimum Gasteiger partial charge on any atom is -0.378 e. The van der Waals surface area contributed by atoms with Crippen LogP contribution < -0.4 is 15.5 Å². The molecule has 0 bridgehead atoms. The number of rotatable bonds is 6. The Morgan fingerprint density at radius 2 is 1.68 bits per heavy atom. The van der Waals surface area contributed by atoms with E-state index >= 15 is 0 Å². The molecule has 1 atom stereocenters. The fourth-order valence-electron chi connectivity index (χ4n) is 2.15. The standard InChI is InChI=1S/C18H23N3O/c1-14(15-7-5-4-6-8-15)19-13-18(22)20-16-9-11-17(12-10-16)21(2)3/h4-12,14,19H,13H2,1-3H3,(H,20,22)/t14-/m1/s1. The second kappa shape index (κ2) is 7.61. The van der Waals surface area contributed by atoms with Crippen molar-refractivity contribution in [2.45, 2.75) is 13.0 Å².